The molecule has 0 aliphatic carbocycles. The number of aryl methyl sites for hydroxylation is 4. The van der Waals surface area contributed by atoms with Crippen LogP contribution in [0.2, 0.25) is 0 Å². The Kier molecular flexibility index (Phi) is 32.3. The van der Waals surface area contributed by atoms with E-state index in [4.69, 9.17) is 9.47 Å². The Hall–Kier alpha value is -8.90. The number of rotatable bonds is 37. The van der Waals surface area contributed by atoms with Crippen LogP contribution >= 0.6 is 0 Å². The Morgan fingerprint density at radius 1 is 0.626 bits per heavy atom. The topological polar surface area (TPSA) is 469 Å². The number of carbonyl (C=O) groups excluding carboxylic acids is 6. The second-order valence-corrected chi connectivity index (χ2v) is 27.0. The van der Waals surface area contributed by atoms with E-state index in [2.05, 4.69) is 46.7 Å². The normalized spacial score (nSPS) is 15.7. The van der Waals surface area contributed by atoms with Crippen molar-refractivity contribution < 1.29 is 96.2 Å². The highest BCUT2D eigenvalue weighted by molar-refractivity contribution is 7.89. The molecule has 0 bridgehead atoms. The van der Waals surface area contributed by atoms with Crippen molar-refractivity contribution in [1.29, 1.82) is 0 Å². The number of esters is 1. The quantitative estimate of drug-likeness (QED) is 0.0250. The second kappa shape index (κ2) is 39.6. The highest BCUT2D eigenvalue weighted by atomic mass is 32.2. The Morgan fingerprint density at radius 3 is 1.74 bits per heavy atom. The summed E-state index contributed by atoms with van der Waals surface area (Å²) >= 11 is 0. The number of ether oxygens (including phenoxy) is 2. The lowest BCUT2D eigenvalue weighted by molar-refractivity contribution is -0.155. The summed E-state index contributed by atoms with van der Waals surface area (Å²) in [6, 6.07) is 3.14. The zero-order valence-electron chi connectivity index (χ0n) is 57.0. The van der Waals surface area contributed by atoms with Crippen LogP contribution in [0, 0.1) is 13.8 Å². The van der Waals surface area contributed by atoms with E-state index in [1.165, 1.54) is 26.0 Å². The predicted molar refractivity (Wildman–Crippen MR) is 358 cm³/mol. The zero-order chi connectivity index (χ0) is 73.0. The Labute approximate surface area is 574 Å². The molecular formula is C64H96N14O20S. The van der Waals surface area contributed by atoms with Crippen LogP contribution in [0.15, 0.2) is 40.2 Å². The molecule has 1 saturated heterocycles. The molecule has 3 atom stereocenters. The number of nitrogens with zero attached hydrogens (tertiary/aromatic N) is 7. The van der Waals surface area contributed by atoms with Gasteiger partial charge in [0, 0.05) is 129 Å². The van der Waals surface area contributed by atoms with Gasteiger partial charge < -0.3 is 66.9 Å². The number of aliphatic carboxylic acids is 5. The first kappa shape index (κ1) is 80.8. The van der Waals surface area contributed by atoms with Crippen LogP contribution < -0.4 is 41.4 Å². The molecule has 3 aromatic rings. The molecule has 2 aliphatic rings. The molecule has 12 N–H and O–H groups in total. The van der Waals surface area contributed by atoms with Crippen molar-refractivity contribution in [1.82, 2.24) is 66.0 Å². The first-order valence-electron chi connectivity index (χ1n) is 32.9. The van der Waals surface area contributed by atoms with Crippen LogP contribution in [0.3, 0.4) is 0 Å². The number of hydrogen-bond donors (Lipinski definition) is 12. The summed E-state index contributed by atoms with van der Waals surface area (Å²) in [6.07, 6.45) is 3.05. The first-order chi connectivity index (χ1) is 46.7. The van der Waals surface area contributed by atoms with E-state index < -0.39 is 138 Å². The second-order valence-electron chi connectivity index (χ2n) is 25.3. The van der Waals surface area contributed by atoms with Crippen LogP contribution in [0.25, 0.3) is 10.9 Å². The fourth-order valence-corrected chi connectivity index (χ4v) is 12.8. The number of hydrogen-bond acceptors (Lipinski definition) is 22. The van der Waals surface area contributed by atoms with Crippen LogP contribution in [0.4, 0.5) is 0 Å². The van der Waals surface area contributed by atoms with Crippen molar-refractivity contribution in [2.75, 3.05) is 118 Å². The maximum atomic E-state index is 14.0. The highest BCUT2D eigenvalue weighted by Crippen LogP contribution is 2.27. The van der Waals surface area contributed by atoms with Gasteiger partial charge in [-0.15, -0.1) is 0 Å². The lowest BCUT2D eigenvalue weighted by Gasteiger charge is -2.33. The minimum absolute atomic E-state index is 0.00110. The van der Waals surface area contributed by atoms with Crippen molar-refractivity contribution in [3.8, 4) is 5.75 Å². The van der Waals surface area contributed by atoms with E-state index in [0.29, 0.717) is 11.9 Å². The predicted octanol–water partition coefficient (Wildman–Crippen LogP) is -0.721. The number of aliphatic imine (C=N–C) groups is 1. The molecule has 2 aromatic carbocycles. The summed E-state index contributed by atoms with van der Waals surface area (Å²) in [4.78, 5) is 151. The minimum atomic E-state index is -4.49. The van der Waals surface area contributed by atoms with E-state index >= 15 is 0 Å². The lowest BCUT2D eigenvalue weighted by Crippen LogP contribution is -2.55. The van der Waals surface area contributed by atoms with Gasteiger partial charge in [0.2, 0.25) is 33.7 Å². The molecule has 5 rings (SSSR count). The number of aromatic nitrogens is 2. The maximum absolute atomic E-state index is 14.0. The molecule has 34 nitrogen and oxygen atoms in total. The van der Waals surface area contributed by atoms with E-state index in [9.17, 15) is 86.7 Å². The highest BCUT2D eigenvalue weighted by Gasteiger charge is 2.32. The molecule has 3 heterocycles. The summed E-state index contributed by atoms with van der Waals surface area (Å²) in [7, 11) is -2.73. The van der Waals surface area contributed by atoms with Crippen molar-refractivity contribution in [2.24, 2.45) is 12.0 Å². The number of carboxylic acid groups (broad SMARTS) is 5. The number of sulfonamides is 1. The molecule has 99 heavy (non-hydrogen) atoms. The SMILES string of the molecule is Cc1cc(OCCCC(=O)NCCNC(=O)C(CCC(=O)OC(C)(C)C)NC(=O)[C@H](CCC(=O)O)NC(=O)CN2CCN(CC(=O)O)CCN(CC(=O)O)CCN(CC(=O)O)CC2)cc(C)c1S(=O)(=O)N[C@@H](CNC(=O)c1ccc2c(CCCNC3=NCCCC3)nn(C)c2c1)C(=O)O. The smallest absolute Gasteiger partial charge is 0.323 e. The molecule has 1 unspecified atom stereocenters. The van der Waals surface area contributed by atoms with E-state index in [0.717, 1.165) is 55.7 Å². The molecule has 0 spiro atoms. The van der Waals surface area contributed by atoms with E-state index in [1.54, 1.807) is 70.3 Å². The maximum Gasteiger partial charge on any atom is 0.323 e. The number of benzene rings is 2. The fourth-order valence-electron chi connectivity index (χ4n) is 11.1. The summed E-state index contributed by atoms with van der Waals surface area (Å²) in [5, 5.41) is 70.1. The van der Waals surface area contributed by atoms with Crippen molar-refractivity contribution >= 4 is 92.1 Å². The number of fused-ring (bicyclic) bond motifs is 1. The molecule has 0 saturated carbocycles. The molecule has 548 valence electrons. The number of amidine groups is 1. The molecule has 2 aliphatic heterocycles. The Bertz CT molecular complexity index is 3430. The van der Waals surface area contributed by atoms with Gasteiger partial charge in [0.15, 0.2) is 0 Å². The molecule has 5 amide bonds. The van der Waals surface area contributed by atoms with Crippen LogP contribution in [-0.2, 0) is 76.2 Å². The third-order valence-corrected chi connectivity index (χ3v) is 17.7. The van der Waals surface area contributed by atoms with Gasteiger partial charge in [0.05, 0.1) is 54.7 Å². The van der Waals surface area contributed by atoms with E-state index in [-0.39, 0.29) is 132 Å². The number of nitrogens with one attached hydrogen (secondary N) is 7. The number of carbonyl (C=O) groups is 11. The summed E-state index contributed by atoms with van der Waals surface area (Å²) in [5.74, 6) is -9.38. The van der Waals surface area contributed by atoms with Gasteiger partial charge >= 0.3 is 35.8 Å². The number of carboxylic acids is 5. The molecular weight excluding hydrogens is 1320 g/mol. The van der Waals surface area contributed by atoms with Crippen molar-refractivity contribution in [2.45, 2.75) is 134 Å². The molecule has 0 radical (unpaired) electrons. The van der Waals surface area contributed by atoms with Gasteiger partial charge in [-0.25, -0.2) is 8.42 Å². The van der Waals surface area contributed by atoms with Gasteiger partial charge in [0.1, 0.15) is 29.5 Å². The lowest BCUT2D eigenvalue weighted by atomic mass is 10.1. The van der Waals surface area contributed by atoms with Crippen LogP contribution in [0.1, 0.15) is 112 Å². The average molecular weight is 1410 g/mol. The summed E-state index contributed by atoms with van der Waals surface area (Å²) < 4.78 is 42.7. The van der Waals surface area contributed by atoms with E-state index in [1.807, 2.05) is 0 Å². The van der Waals surface area contributed by atoms with Crippen LogP contribution in [0.5, 0.6) is 5.75 Å². The van der Waals surface area contributed by atoms with Gasteiger partial charge in [-0.05, 0) is 115 Å². The van der Waals surface area contributed by atoms with Crippen molar-refractivity contribution in [3.63, 3.8) is 0 Å². The Morgan fingerprint density at radius 2 is 1.19 bits per heavy atom. The average Bonchev–Trinajstić information content (AvgIpc) is 1.79. The standard InChI is InChI=1S/C64H96N14O20S/c1-41-33-44(34-42(2)59(41)99(95,96)73-49(63(93)94)36-69-60(90)43-14-15-45-46(72-74(6)50(45)35-43)11-9-21-66-51-12-7-8-20-65-51)97-32-10-13-52(79)67-22-23-68-61(91)47(17-19-58(89)98-64(3,4)5)71-62(92)48(16-18-54(81)82)70-53(80)37-75-24-26-76(38-55(83)84)28-30-78(40-57(87)88)31-29-77(27-25-75)39-56(85)86/h14-15,33-35,47-49,73H,7-13,16-32,36-40H2,1-6H3,(H,65,66)(H,67,79)(H,68,91)(H,69,90)(H,70,80)(H,71,92)(H,81,82)(H,83,84)(H,85,86)(H,87,88)(H,93,94)/t47?,48-,49-/m0/s1. The van der Waals surface area contributed by atoms with Gasteiger partial charge in [-0.2, -0.15) is 9.82 Å². The molecule has 35 heteroatoms. The van der Waals surface area contributed by atoms with Crippen molar-refractivity contribution in [3.05, 3.63) is 52.7 Å². The van der Waals surface area contributed by atoms with Crippen LogP contribution in [-0.4, -0.2) is 276 Å². The minimum Gasteiger partial charge on any atom is -0.494 e. The number of amides is 5. The molecule has 1 aromatic heterocycles. The third kappa shape index (κ3) is 29.2. The fraction of sp³-hybridized carbons (Fsp3) is 0.609. The molecule has 1 fully saturated rings. The van der Waals surface area contributed by atoms with Gasteiger partial charge in [-0.3, -0.25) is 82.0 Å². The third-order valence-electron chi connectivity index (χ3n) is 15.9. The zero-order valence-corrected chi connectivity index (χ0v) is 57.8. The summed E-state index contributed by atoms with van der Waals surface area (Å²) in [6.45, 7) is 7.72. The first-order valence-corrected chi connectivity index (χ1v) is 34.4. The monoisotopic (exact) mass is 1410 g/mol. The largest absolute Gasteiger partial charge is 0.494 e. The van der Waals surface area contributed by atoms with Gasteiger partial charge in [-0.1, -0.05) is 6.07 Å². The Balaban J connectivity index is 1.12. The van der Waals surface area contributed by atoms with Gasteiger partial charge in [0.25, 0.3) is 5.91 Å². The summed E-state index contributed by atoms with van der Waals surface area (Å²) in [5.41, 5.74) is 1.29.